The Hall–Kier alpha value is -1.35. The van der Waals surface area contributed by atoms with Gasteiger partial charge in [0.1, 0.15) is 0 Å². The molecule has 1 aliphatic carbocycles. The van der Waals surface area contributed by atoms with E-state index in [9.17, 15) is 9.90 Å². The summed E-state index contributed by atoms with van der Waals surface area (Å²) >= 11 is 0. The maximum absolute atomic E-state index is 12.9. The van der Waals surface area contributed by atoms with Gasteiger partial charge in [-0.05, 0) is 36.8 Å². The average molecular weight is 273 g/mol. The van der Waals surface area contributed by atoms with Gasteiger partial charge in [0.05, 0.1) is 5.41 Å². The first-order chi connectivity index (χ1) is 9.58. The summed E-state index contributed by atoms with van der Waals surface area (Å²) in [6, 6.07) is 8.24. The summed E-state index contributed by atoms with van der Waals surface area (Å²) < 4.78 is 0. The fraction of sp³-hybridized carbons (Fsp3) is 0.588. The minimum absolute atomic E-state index is 0.183. The molecule has 20 heavy (non-hydrogen) atoms. The molecular weight excluding hydrogens is 250 g/mol. The van der Waals surface area contributed by atoms with Crippen LogP contribution in [0.1, 0.15) is 30.9 Å². The number of likely N-dealkylation sites (tertiary alicyclic amines) is 1. The zero-order valence-electron chi connectivity index (χ0n) is 12.3. The Morgan fingerprint density at radius 2 is 2.05 bits per heavy atom. The Kier molecular flexibility index (Phi) is 3.33. The second-order valence-corrected chi connectivity index (χ2v) is 6.53. The van der Waals surface area contributed by atoms with Crippen LogP contribution in [0.2, 0.25) is 0 Å². The highest BCUT2D eigenvalue weighted by atomic mass is 16.3. The molecule has 1 aromatic rings. The van der Waals surface area contributed by atoms with E-state index in [0.717, 1.165) is 19.4 Å². The van der Waals surface area contributed by atoms with Crippen LogP contribution < -0.4 is 0 Å². The lowest BCUT2D eigenvalue weighted by molar-refractivity contribution is -0.133. The predicted molar refractivity (Wildman–Crippen MR) is 78.4 cm³/mol. The summed E-state index contributed by atoms with van der Waals surface area (Å²) in [5, 5.41) is 9.38. The first-order valence-electron chi connectivity index (χ1n) is 7.55. The first kappa shape index (κ1) is 13.6. The van der Waals surface area contributed by atoms with Crippen molar-refractivity contribution in [3.05, 3.63) is 35.4 Å². The number of amides is 1. The van der Waals surface area contributed by atoms with Gasteiger partial charge in [0.15, 0.2) is 0 Å². The molecule has 3 heteroatoms. The van der Waals surface area contributed by atoms with Crippen molar-refractivity contribution in [2.24, 2.45) is 11.8 Å². The zero-order chi connectivity index (χ0) is 14.3. The Balaban J connectivity index is 1.83. The van der Waals surface area contributed by atoms with Crippen molar-refractivity contribution >= 4 is 5.91 Å². The summed E-state index contributed by atoms with van der Waals surface area (Å²) in [6.07, 6.45) is 1.93. The second kappa shape index (κ2) is 4.88. The van der Waals surface area contributed by atoms with Gasteiger partial charge in [-0.2, -0.15) is 0 Å². The van der Waals surface area contributed by atoms with Crippen LogP contribution in [0.5, 0.6) is 0 Å². The van der Waals surface area contributed by atoms with Crippen molar-refractivity contribution < 1.29 is 9.90 Å². The third-order valence-corrected chi connectivity index (χ3v) is 5.11. The number of rotatable bonds is 3. The van der Waals surface area contributed by atoms with Crippen LogP contribution in [0.3, 0.4) is 0 Å². The van der Waals surface area contributed by atoms with Crippen molar-refractivity contribution in [1.82, 2.24) is 4.90 Å². The second-order valence-electron chi connectivity index (χ2n) is 6.53. The van der Waals surface area contributed by atoms with E-state index in [-0.39, 0.29) is 23.8 Å². The fourth-order valence-electron chi connectivity index (χ4n) is 3.57. The lowest BCUT2D eigenvalue weighted by Crippen LogP contribution is -2.38. The molecule has 0 radical (unpaired) electrons. The molecule has 0 bridgehead atoms. The number of aliphatic hydroxyl groups is 1. The molecular formula is C17H23NO2. The normalized spacial score (nSPS) is 27.6. The number of carbonyl (C=O) groups excluding carboxylic acids is 1. The number of hydrogen-bond acceptors (Lipinski definition) is 2. The highest BCUT2D eigenvalue weighted by Crippen LogP contribution is 2.51. The molecule has 3 rings (SSSR count). The molecule has 3 nitrogen and oxygen atoms in total. The number of nitrogens with zero attached hydrogens (tertiary/aromatic N) is 1. The molecule has 2 atom stereocenters. The maximum Gasteiger partial charge on any atom is 0.233 e. The third kappa shape index (κ3) is 2.05. The van der Waals surface area contributed by atoms with Crippen molar-refractivity contribution in [1.29, 1.82) is 0 Å². The van der Waals surface area contributed by atoms with Crippen LogP contribution in [-0.4, -0.2) is 35.6 Å². The summed E-state index contributed by atoms with van der Waals surface area (Å²) in [5.41, 5.74) is 2.14. The SMILES string of the molecule is Cc1ccccc1C1(C(=O)N2C[C@@H](CO)[C@H](C)C2)CC1. The molecule has 1 N–H and O–H groups in total. The average Bonchev–Trinajstić information content (AvgIpc) is 3.16. The minimum atomic E-state index is -0.268. The molecule has 2 aliphatic rings. The van der Waals surface area contributed by atoms with Crippen LogP contribution in [-0.2, 0) is 10.2 Å². The Morgan fingerprint density at radius 3 is 2.60 bits per heavy atom. The van der Waals surface area contributed by atoms with Gasteiger partial charge in [0.2, 0.25) is 5.91 Å². The molecule has 1 aromatic carbocycles. The predicted octanol–water partition coefficient (Wildman–Crippen LogP) is 2.11. The van der Waals surface area contributed by atoms with E-state index in [1.807, 2.05) is 17.0 Å². The molecule has 1 heterocycles. The van der Waals surface area contributed by atoms with Crippen LogP contribution >= 0.6 is 0 Å². The molecule has 1 saturated heterocycles. The molecule has 1 amide bonds. The molecule has 2 fully saturated rings. The van der Waals surface area contributed by atoms with Gasteiger partial charge in [0.25, 0.3) is 0 Å². The van der Waals surface area contributed by atoms with Crippen molar-refractivity contribution in [3.8, 4) is 0 Å². The topological polar surface area (TPSA) is 40.5 Å². The lowest BCUT2D eigenvalue weighted by Gasteiger charge is -2.24. The van der Waals surface area contributed by atoms with E-state index in [1.165, 1.54) is 11.1 Å². The summed E-state index contributed by atoms with van der Waals surface area (Å²) in [7, 11) is 0. The van der Waals surface area contributed by atoms with Gasteiger partial charge < -0.3 is 10.0 Å². The largest absolute Gasteiger partial charge is 0.396 e. The van der Waals surface area contributed by atoms with Gasteiger partial charge >= 0.3 is 0 Å². The molecule has 1 saturated carbocycles. The summed E-state index contributed by atoms with van der Waals surface area (Å²) in [5.74, 6) is 0.915. The van der Waals surface area contributed by atoms with E-state index in [0.29, 0.717) is 12.5 Å². The maximum atomic E-state index is 12.9. The Morgan fingerprint density at radius 1 is 1.35 bits per heavy atom. The first-order valence-corrected chi connectivity index (χ1v) is 7.55. The van der Waals surface area contributed by atoms with Crippen LogP contribution in [0, 0.1) is 18.8 Å². The quantitative estimate of drug-likeness (QED) is 0.916. The van der Waals surface area contributed by atoms with Gasteiger partial charge in [-0.1, -0.05) is 31.2 Å². The molecule has 108 valence electrons. The minimum Gasteiger partial charge on any atom is -0.396 e. The number of aliphatic hydroxyl groups excluding tert-OH is 1. The van der Waals surface area contributed by atoms with E-state index in [4.69, 9.17) is 0 Å². The molecule has 0 unspecified atom stereocenters. The Bertz CT molecular complexity index is 521. The highest BCUT2D eigenvalue weighted by molar-refractivity contribution is 5.92. The third-order valence-electron chi connectivity index (χ3n) is 5.11. The standard InChI is InChI=1S/C17H23NO2/c1-12-5-3-4-6-15(12)17(7-8-17)16(20)18-9-13(2)14(10-18)11-19/h3-6,13-14,19H,7-11H2,1-2H3/t13-,14+/m1/s1. The number of benzene rings is 1. The monoisotopic (exact) mass is 273 g/mol. The number of hydrogen-bond donors (Lipinski definition) is 1. The van der Waals surface area contributed by atoms with Crippen molar-refractivity contribution in [2.75, 3.05) is 19.7 Å². The fourth-order valence-corrected chi connectivity index (χ4v) is 3.57. The van der Waals surface area contributed by atoms with Crippen molar-refractivity contribution in [2.45, 2.75) is 32.1 Å². The summed E-state index contributed by atoms with van der Waals surface area (Å²) in [4.78, 5) is 14.9. The van der Waals surface area contributed by atoms with Gasteiger partial charge in [-0.3, -0.25) is 4.79 Å². The molecule has 1 aliphatic heterocycles. The van der Waals surface area contributed by atoms with E-state index in [2.05, 4.69) is 26.0 Å². The van der Waals surface area contributed by atoms with Crippen LogP contribution in [0.15, 0.2) is 24.3 Å². The number of aryl methyl sites for hydroxylation is 1. The molecule has 0 spiro atoms. The zero-order valence-corrected chi connectivity index (χ0v) is 12.3. The Labute approximate surface area is 120 Å². The van der Waals surface area contributed by atoms with E-state index in [1.54, 1.807) is 0 Å². The summed E-state index contributed by atoms with van der Waals surface area (Å²) in [6.45, 7) is 5.90. The van der Waals surface area contributed by atoms with Gasteiger partial charge in [0, 0.05) is 25.6 Å². The van der Waals surface area contributed by atoms with Crippen molar-refractivity contribution in [3.63, 3.8) is 0 Å². The smallest absolute Gasteiger partial charge is 0.233 e. The van der Waals surface area contributed by atoms with Crippen LogP contribution in [0.4, 0.5) is 0 Å². The van der Waals surface area contributed by atoms with Crippen LogP contribution in [0.25, 0.3) is 0 Å². The highest BCUT2D eigenvalue weighted by Gasteiger charge is 2.54. The lowest BCUT2D eigenvalue weighted by atomic mass is 9.90. The molecule has 0 aromatic heterocycles. The van der Waals surface area contributed by atoms with E-state index >= 15 is 0 Å². The van der Waals surface area contributed by atoms with E-state index < -0.39 is 0 Å². The van der Waals surface area contributed by atoms with Gasteiger partial charge in [-0.15, -0.1) is 0 Å². The van der Waals surface area contributed by atoms with Gasteiger partial charge in [-0.25, -0.2) is 0 Å². The number of carbonyl (C=O) groups is 1.